The number of fused-ring (bicyclic) bond motifs is 1. The Balaban J connectivity index is 1.33. The van der Waals surface area contributed by atoms with Gasteiger partial charge in [-0.25, -0.2) is 4.79 Å². The number of nitrogens with two attached hydrogens (primary N) is 1. The van der Waals surface area contributed by atoms with Crippen LogP contribution in [0, 0.1) is 0 Å². The van der Waals surface area contributed by atoms with Crippen molar-refractivity contribution in [3.05, 3.63) is 59.1 Å². The van der Waals surface area contributed by atoms with Gasteiger partial charge < -0.3 is 30.3 Å². The Morgan fingerprint density at radius 1 is 1.00 bits per heavy atom. The Morgan fingerprint density at radius 3 is 2.33 bits per heavy atom. The van der Waals surface area contributed by atoms with Crippen LogP contribution in [0.15, 0.2) is 48.5 Å². The highest BCUT2D eigenvalue weighted by atomic mass is 35.5. The van der Waals surface area contributed by atoms with E-state index in [1.54, 1.807) is 46.2 Å². The number of para-hydroxylation sites is 2. The summed E-state index contributed by atoms with van der Waals surface area (Å²) in [7, 11) is 0. The van der Waals surface area contributed by atoms with Crippen LogP contribution in [-0.2, 0) is 9.59 Å². The second-order valence-electron chi connectivity index (χ2n) is 7.86. The average molecular weight is 473 g/mol. The van der Waals surface area contributed by atoms with Gasteiger partial charge in [-0.3, -0.25) is 9.59 Å². The first-order valence-electron chi connectivity index (χ1n) is 10.7. The van der Waals surface area contributed by atoms with Crippen molar-refractivity contribution in [3.63, 3.8) is 0 Å². The van der Waals surface area contributed by atoms with E-state index in [9.17, 15) is 14.4 Å². The number of rotatable bonds is 5. The quantitative estimate of drug-likeness (QED) is 0.690. The fraction of sp³-hybridized carbons (Fsp3) is 0.348. The first kappa shape index (κ1) is 22.7. The van der Waals surface area contributed by atoms with Gasteiger partial charge in [-0.1, -0.05) is 41.9 Å². The molecule has 9 nitrogen and oxygen atoms in total. The largest absolute Gasteiger partial charge is 0.485 e. The predicted octanol–water partition coefficient (Wildman–Crippen LogP) is 1.95. The molecule has 0 radical (unpaired) electrons. The molecule has 2 aliphatic rings. The van der Waals surface area contributed by atoms with Crippen LogP contribution in [0.3, 0.4) is 0 Å². The van der Waals surface area contributed by atoms with Crippen molar-refractivity contribution in [1.29, 1.82) is 0 Å². The molecule has 2 atom stereocenters. The Hall–Kier alpha value is -3.46. The number of nitrogens with zero attached hydrogens (tertiary/aromatic N) is 2. The van der Waals surface area contributed by atoms with Crippen molar-refractivity contribution >= 4 is 29.4 Å². The molecule has 0 bridgehead atoms. The molecule has 4 amide bonds. The van der Waals surface area contributed by atoms with Gasteiger partial charge in [-0.15, -0.1) is 0 Å². The normalized spacial score (nSPS) is 18.4. The summed E-state index contributed by atoms with van der Waals surface area (Å²) in [6.07, 6.45) is -0.705. The van der Waals surface area contributed by atoms with Gasteiger partial charge in [-0.05, 0) is 23.8 Å². The summed E-state index contributed by atoms with van der Waals surface area (Å²) in [5.74, 6) is 0.839. The number of urea groups is 1. The molecule has 0 aromatic heterocycles. The second kappa shape index (κ2) is 9.99. The van der Waals surface area contributed by atoms with E-state index in [1.807, 2.05) is 12.1 Å². The third-order valence-corrected chi connectivity index (χ3v) is 6.05. The summed E-state index contributed by atoms with van der Waals surface area (Å²) in [6.45, 7) is 1.66. The molecule has 0 aliphatic carbocycles. The molecule has 0 spiro atoms. The van der Waals surface area contributed by atoms with Gasteiger partial charge in [0.25, 0.3) is 5.91 Å². The molecular weight excluding hydrogens is 448 g/mol. The molecule has 1 fully saturated rings. The lowest BCUT2D eigenvalue weighted by Gasteiger charge is -2.37. The zero-order valence-electron chi connectivity index (χ0n) is 17.9. The molecule has 2 aliphatic heterocycles. The first-order valence-corrected chi connectivity index (χ1v) is 11.1. The summed E-state index contributed by atoms with van der Waals surface area (Å²) in [6, 6.07) is 12.8. The van der Waals surface area contributed by atoms with E-state index in [4.69, 9.17) is 26.8 Å². The molecule has 2 aromatic rings. The maximum Gasteiger partial charge on any atom is 0.312 e. The number of hydrogen-bond acceptors (Lipinski definition) is 5. The summed E-state index contributed by atoms with van der Waals surface area (Å²) in [4.78, 5) is 40.7. The summed E-state index contributed by atoms with van der Waals surface area (Å²) in [5, 5.41) is 3.04. The lowest BCUT2D eigenvalue weighted by Crippen LogP contribution is -2.55. The predicted molar refractivity (Wildman–Crippen MR) is 121 cm³/mol. The highest BCUT2D eigenvalue weighted by Crippen LogP contribution is 2.31. The molecule has 2 aromatic carbocycles. The molecule has 1 saturated heterocycles. The maximum atomic E-state index is 12.9. The van der Waals surface area contributed by atoms with Crippen LogP contribution >= 0.6 is 11.6 Å². The Morgan fingerprint density at radius 2 is 1.64 bits per heavy atom. The Kier molecular flexibility index (Phi) is 6.88. The molecule has 2 heterocycles. The monoisotopic (exact) mass is 472 g/mol. The van der Waals surface area contributed by atoms with Gasteiger partial charge in [0.05, 0.1) is 12.5 Å². The highest BCUT2D eigenvalue weighted by molar-refractivity contribution is 6.31. The van der Waals surface area contributed by atoms with Gasteiger partial charge in [0.15, 0.2) is 11.5 Å². The van der Waals surface area contributed by atoms with Crippen LogP contribution in [-0.4, -0.2) is 66.5 Å². The van der Waals surface area contributed by atoms with Gasteiger partial charge >= 0.3 is 6.03 Å². The van der Waals surface area contributed by atoms with E-state index in [2.05, 4.69) is 5.32 Å². The van der Waals surface area contributed by atoms with Crippen LogP contribution in [0.5, 0.6) is 11.5 Å². The van der Waals surface area contributed by atoms with Gasteiger partial charge in [0.2, 0.25) is 12.0 Å². The zero-order valence-corrected chi connectivity index (χ0v) is 18.7. The van der Waals surface area contributed by atoms with E-state index in [0.29, 0.717) is 48.3 Å². The number of piperazine rings is 1. The molecule has 0 saturated carbocycles. The number of carbonyl (C=O) groups excluding carboxylic acids is 3. The van der Waals surface area contributed by atoms with Crippen molar-refractivity contribution < 1.29 is 23.9 Å². The van der Waals surface area contributed by atoms with Crippen LogP contribution < -0.4 is 20.5 Å². The number of ether oxygens (including phenoxy) is 2. The third-order valence-electron chi connectivity index (χ3n) is 5.70. The van der Waals surface area contributed by atoms with E-state index in [1.165, 1.54) is 0 Å². The van der Waals surface area contributed by atoms with Crippen LogP contribution in [0.1, 0.15) is 18.0 Å². The van der Waals surface area contributed by atoms with E-state index in [0.717, 1.165) is 0 Å². The molecule has 33 heavy (non-hydrogen) atoms. The number of benzene rings is 2. The zero-order chi connectivity index (χ0) is 23.4. The van der Waals surface area contributed by atoms with Gasteiger partial charge in [0.1, 0.15) is 6.61 Å². The number of primary amides is 1. The van der Waals surface area contributed by atoms with Gasteiger partial charge in [-0.2, -0.15) is 0 Å². The fourth-order valence-electron chi connectivity index (χ4n) is 3.99. The number of halogens is 1. The average Bonchev–Trinajstić information content (AvgIpc) is 2.83. The minimum absolute atomic E-state index is 0.0109. The SMILES string of the molecule is NC(=O)NC(CC(=O)N1CCN(C(=O)C2COc3ccccc3O2)CC1)c1ccccc1Cl. The van der Waals surface area contributed by atoms with Crippen molar-refractivity contribution in [2.75, 3.05) is 32.8 Å². The Labute approximate surface area is 196 Å². The number of amides is 4. The van der Waals surface area contributed by atoms with E-state index < -0.39 is 18.2 Å². The molecule has 10 heteroatoms. The number of hydrogen-bond donors (Lipinski definition) is 2. The minimum atomic E-state index is -0.737. The minimum Gasteiger partial charge on any atom is -0.485 e. The second-order valence-corrected chi connectivity index (χ2v) is 8.26. The number of carbonyl (C=O) groups is 3. The van der Waals surface area contributed by atoms with Crippen LogP contribution in [0.4, 0.5) is 4.79 Å². The number of nitrogens with one attached hydrogen (secondary N) is 1. The summed E-state index contributed by atoms with van der Waals surface area (Å²) >= 11 is 6.25. The summed E-state index contributed by atoms with van der Waals surface area (Å²) in [5.41, 5.74) is 5.92. The molecule has 2 unspecified atom stereocenters. The third kappa shape index (κ3) is 5.31. The van der Waals surface area contributed by atoms with Crippen LogP contribution in [0.25, 0.3) is 0 Å². The maximum absolute atomic E-state index is 12.9. The van der Waals surface area contributed by atoms with Crippen LogP contribution in [0.2, 0.25) is 5.02 Å². The smallest absolute Gasteiger partial charge is 0.312 e. The standard InChI is InChI=1S/C23H25ClN4O5/c24-16-6-2-1-5-15(16)17(26-23(25)31)13-21(29)27-9-11-28(12-10-27)22(30)20-14-32-18-7-3-4-8-19(18)33-20/h1-8,17,20H,9-14H2,(H3,25,26,31). The van der Waals surface area contributed by atoms with Crippen molar-refractivity contribution in [3.8, 4) is 11.5 Å². The van der Waals surface area contributed by atoms with E-state index in [-0.39, 0.29) is 24.8 Å². The Bertz CT molecular complexity index is 1040. The fourth-order valence-corrected chi connectivity index (χ4v) is 4.26. The molecule has 4 rings (SSSR count). The first-order chi connectivity index (χ1) is 15.9. The highest BCUT2D eigenvalue weighted by Gasteiger charge is 2.34. The lowest BCUT2D eigenvalue weighted by molar-refractivity contribution is -0.146. The summed E-state index contributed by atoms with van der Waals surface area (Å²) < 4.78 is 11.5. The van der Waals surface area contributed by atoms with E-state index >= 15 is 0 Å². The van der Waals surface area contributed by atoms with Crippen molar-refractivity contribution in [1.82, 2.24) is 15.1 Å². The molecular formula is C23H25ClN4O5. The molecule has 3 N–H and O–H groups in total. The topological polar surface area (TPSA) is 114 Å². The molecule has 174 valence electrons. The van der Waals surface area contributed by atoms with Crippen molar-refractivity contribution in [2.24, 2.45) is 5.73 Å². The lowest BCUT2D eigenvalue weighted by atomic mass is 10.0. The van der Waals surface area contributed by atoms with Gasteiger partial charge in [0, 0.05) is 31.2 Å². The van der Waals surface area contributed by atoms with Crippen molar-refractivity contribution in [2.45, 2.75) is 18.6 Å².